The zero-order valence-electron chi connectivity index (χ0n) is 11.0. The summed E-state index contributed by atoms with van der Waals surface area (Å²) in [6.45, 7) is 6.22. The molecule has 0 aliphatic carbocycles. The average Bonchev–Trinajstić information content (AvgIpc) is 2.29. The van der Waals surface area contributed by atoms with Crippen molar-refractivity contribution in [3.05, 3.63) is 29.7 Å². The van der Waals surface area contributed by atoms with Gasteiger partial charge in [0.2, 0.25) is 0 Å². The minimum Gasteiger partial charge on any atom is -0.476 e. The Labute approximate surface area is 107 Å². The maximum Gasteiger partial charge on any atom is 0.356 e. The van der Waals surface area contributed by atoms with E-state index in [9.17, 15) is 4.79 Å². The van der Waals surface area contributed by atoms with Crippen molar-refractivity contribution in [2.75, 3.05) is 5.32 Å². The molecular formula is C13H19N3O2. The van der Waals surface area contributed by atoms with E-state index in [2.05, 4.69) is 42.1 Å². The summed E-state index contributed by atoms with van der Waals surface area (Å²) in [5.41, 5.74) is 1.27. The Balaban J connectivity index is 2.46. The van der Waals surface area contributed by atoms with E-state index in [1.54, 1.807) is 0 Å². The molecule has 5 heteroatoms. The Morgan fingerprint density at radius 1 is 1.44 bits per heavy atom. The fourth-order valence-corrected chi connectivity index (χ4v) is 1.46. The number of nitrogens with one attached hydrogen (secondary N) is 1. The van der Waals surface area contributed by atoms with E-state index in [1.807, 2.05) is 0 Å². The topological polar surface area (TPSA) is 75.1 Å². The molecular weight excluding hydrogens is 230 g/mol. The number of hydrogen-bond donors (Lipinski definition) is 2. The number of carboxylic acids is 1. The van der Waals surface area contributed by atoms with Gasteiger partial charge in [-0.3, -0.25) is 0 Å². The lowest BCUT2D eigenvalue weighted by Gasteiger charge is -2.13. The van der Waals surface area contributed by atoms with Crippen LogP contribution in [0, 0.1) is 0 Å². The molecule has 2 N–H and O–H groups in total. The lowest BCUT2D eigenvalue weighted by atomic mass is 10.1. The molecule has 0 saturated carbocycles. The van der Waals surface area contributed by atoms with E-state index in [1.165, 1.54) is 18.0 Å². The van der Waals surface area contributed by atoms with Crippen LogP contribution < -0.4 is 5.32 Å². The third kappa shape index (κ3) is 4.95. The number of aromatic nitrogens is 2. The number of carboxylic acid groups (broad SMARTS) is 1. The van der Waals surface area contributed by atoms with Crippen molar-refractivity contribution in [2.24, 2.45) is 0 Å². The van der Waals surface area contributed by atoms with Gasteiger partial charge in [0, 0.05) is 6.04 Å². The molecule has 1 unspecified atom stereocenters. The zero-order chi connectivity index (χ0) is 13.5. The maximum atomic E-state index is 10.6. The Bertz CT molecular complexity index is 422. The molecule has 1 rings (SSSR count). The van der Waals surface area contributed by atoms with E-state index in [0.717, 1.165) is 12.8 Å². The fourth-order valence-electron chi connectivity index (χ4n) is 1.46. The maximum absolute atomic E-state index is 10.6. The first-order valence-electron chi connectivity index (χ1n) is 5.94. The third-order valence-electron chi connectivity index (χ3n) is 2.42. The molecule has 0 saturated heterocycles. The van der Waals surface area contributed by atoms with Crippen LogP contribution in [0.2, 0.25) is 0 Å². The number of nitrogens with zero attached hydrogens (tertiary/aromatic N) is 2. The smallest absolute Gasteiger partial charge is 0.356 e. The summed E-state index contributed by atoms with van der Waals surface area (Å²) in [6.07, 6.45) is 6.90. The van der Waals surface area contributed by atoms with Crippen molar-refractivity contribution in [1.29, 1.82) is 0 Å². The molecule has 5 nitrogen and oxygen atoms in total. The van der Waals surface area contributed by atoms with Crippen molar-refractivity contribution >= 4 is 11.8 Å². The number of allylic oxidation sites excluding steroid dienone is 2. The summed E-state index contributed by atoms with van der Waals surface area (Å²) in [4.78, 5) is 18.4. The molecule has 0 bridgehead atoms. The van der Waals surface area contributed by atoms with Crippen LogP contribution in [0.3, 0.4) is 0 Å². The van der Waals surface area contributed by atoms with Crippen LogP contribution in [-0.4, -0.2) is 27.1 Å². The molecule has 1 atom stereocenters. The zero-order valence-corrected chi connectivity index (χ0v) is 11.0. The molecule has 18 heavy (non-hydrogen) atoms. The molecule has 1 aromatic heterocycles. The Morgan fingerprint density at radius 3 is 2.67 bits per heavy atom. The van der Waals surface area contributed by atoms with Gasteiger partial charge in [0.05, 0.1) is 12.4 Å². The number of anilines is 1. The first kappa shape index (κ1) is 14.2. The van der Waals surface area contributed by atoms with Crippen LogP contribution in [0.25, 0.3) is 0 Å². The Morgan fingerprint density at radius 2 is 2.17 bits per heavy atom. The van der Waals surface area contributed by atoms with Gasteiger partial charge in [-0.15, -0.1) is 0 Å². The van der Waals surface area contributed by atoms with Gasteiger partial charge in [0.1, 0.15) is 5.82 Å². The number of hydrogen-bond acceptors (Lipinski definition) is 4. The van der Waals surface area contributed by atoms with Crippen LogP contribution >= 0.6 is 0 Å². The molecule has 1 aromatic rings. The van der Waals surface area contributed by atoms with Crippen molar-refractivity contribution in [3.63, 3.8) is 0 Å². The van der Waals surface area contributed by atoms with Crippen molar-refractivity contribution in [1.82, 2.24) is 9.97 Å². The van der Waals surface area contributed by atoms with Crippen molar-refractivity contribution < 1.29 is 9.90 Å². The summed E-state index contributed by atoms with van der Waals surface area (Å²) in [5, 5.41) is 11.9. The van der Waals surface area contributed by atoms with E-state index < -0.39 is 5.97 Å². The summed E-state index contributed by atoms with van der Waals surface area (Å²) in [5.74, 6) is -0.463. The third-order valence-corrected chi connectivity index (χ3v) is 2.42. The predicted octanol–water partition coefficient (Wildman–Crippen LogP) is 2.72. The van der Waals surface area contributed by atoms with E-state index in [4.69, 9.17) is 5.11 Å². The Hall–Kier alpha value is -1.91. The van der Waals surface area contributed by atoms with Crippen LogP contribution in [-0.2, 0) is 0 Å². The second kappa shape index (κ2) is 6.74. The number of aromatic carboxylic acids is 1. The molecule has 0 fully saturated rings. The normalized spacial score (nSPS) is 11.7. The van der Waals surface area contributed by atoms with Gasteiger partial charge in [0.15, 0.2) is 5.69 Å². The monoisotopic (exact) mass is 249 g/mol. The quantitative estimate of drug-likeness (QED) is 0.758. The number of carbonyl (C=O) groups is 1. The standard InChI is InChI=1S/C13H19N3O2/c1-9(2)5-4-6-10(3)16-12-8-14-11(7-15-12)13(17)18/h5,7-8,10H,4,6H2,1-3H3,(H,15,16)(H,17,18). The molecule has 0 aliphatic rings. The molecule has 0 aromatic carbocycles. The van der Waals surface area contributed by atoms with E-state index >= 15 is 0 Å². The molecule has 98 valence electrons. The van der Waals surface area contributed by atoms with Gasteiger partial charge in [-0.25, -0.2) is 14.8 Å². The van der Waals surface area contributed by atoms with Crippen molar-refractivity contribution in [2.45, 2.75) is 39.7 Å². The molecule has 0 radical (unpaired) electrons. The van der Waals surface area contributed by atoms with Crippen LogP contribution in [0.5, 0.6) is 0 Å². The predicted molar refractivity (Wildman–Crippen MR) is 70.7 cm³/mol. The van der Waals surface area contributed by atoms with Gasteiger partial charge in [-0.2, -0.15) is 0 Å². The van der Waals surface area contributed by atoms with Gasteiger partial charge in [-0.05, 0) is 33.6 Å². The van der Waals surface area contributed by atoms with Gasteiger partial charge >= 0.3 is 5.97 Å². The van der Waals surface area contributed by atoms with Gasteiger partial charge in [-0.1, -0.05) is 11.6 Å². The van der Waals surface area contributed by atoms with Crippen molar-refractivity contribution in [3.8, 4) is 0 Å². The summed E-state index contributed by atoms with van der Waals surface area (Å²) in [7, 11) is 0. The van der Waals surface area contributed by atoms with E-state index in [-0.39, 0.29) is 11.7 Å². The number of rotatable bonds is 6. The highest BCUT2D eigenvalue weighted by Gasteiger charge is 2.06. The highest BCUT2D eigenvalue weighted by molar-refractivity contribution is 5.84. The minimum atomic E-state index is -1.06. The second-order valence-corrected chi connectivity index (χ2v) is 4.50. The summed E-state index contributed by atoms with van der Waals surface area (Å²) in [6, 6.07) is 0.269. The molecule has 1 heterocycles. The molecule has 0 aliphatic heterocycles. The summed E-state index contributed by atoms with van der Waals surface area (Å²) >= 11 is 0. The highest BCUT2D eigenvalue weighted by atomic mass is 16.4. The highest BCUT2D eigenvalue weighted by Crippen LogP contribution is 2.08. The second-order valence-electron chi connectivity index (χ2n) is 4.50. The van der Waals surface area contributed by atoms with Crippen LogP contribution in [0.15, 0.2) is 24.0 Å². The van der Waals surface area contributed by atoms with Gasteiger partial charge in [0.25, 0.3) is 0 Å². The lowest BCUT2D eigenvalue weighted by Crippen LogP contribution is -2.16. The van der Waals surface area contributed by atoms with E-state index in [0.29, 0.717) is 5.82 Å². The first-order chi connectivity index (χ1) is 8.49. The molecule has 0 amide bonds. The summed E-state index contributed by atoms with van der Waals surface area (Å²) < 4.78 is 0. The first-order valence-corrected chi connectivity index (χ1v) is 5.94. The minimum absolute atomic E-state index is 0.0438. The lowest BCUT2D eigenvalue weighted by molar-refractivity contribution is 0.0690. The SMILES string of the molecule is CC(C)=CCCC(C)Nc1cnc(C(=O)O)cn1. The molecule has 0 spiro atoms. The Kier molecular flexibility index (Phi) is 5.30. The van der Waals surface area contributed by atoms with Crippen LogP contribution in [0.1, 0.15) is 44.1 Å². The van der Waals surface area contributed by atoms with Gasteiger partial charge < -0.3 is 10.4 Å². The average molecular weight is 249 g/mol. The largest absolute Gasteiger partial charge is 0.476 e. The van der Waals surface area contributed by atoms with Crippen LogP contribution in [0.4, 0.5) is 5.82 Å². The fraction of sp³-hybridized carbons (Fsp3) is 0.462.